The summed E-state index contributed by atoms with van der Waals surface area (Å²) >= 11 is 0. The molecule has 0 radical (unpaired) electrons. The number of hydrogen-bond donors (Lipinski definition) is 2. The molecule has 2 aromatic rings. The second-order valence-corrected chi connectivity index (χ2v) is 4.66. The van der Waals surface area contributed by atoms with Crippen molar-refractivity contribution in [3.05, 3.63) is 71.0 Å². The maximum Gasteiger partial charge on any atom is 0.257 e. The predicted octanol–water partition coefficient (Wildman–Crippen LogP) is 2.96. The van der Waals surface area contributed by atoms with Crippen molar-refractivity contribution < 1.29 is 23.1 Å². The molecule has 0 fully saturated rings. The van der Waals surface area contributed by atoms with E-state index >= 15 is 0 Å². The highest BCUT2D eigenvalue weighted by Crippen LogP contribution is 2.21. The molecule has 0 bridgehead atoms. The minimum Gasteiger partial charge on any atom is -0.396 e. The zero-order valence-corrected chi connectivity index (χ0v) is 11.5. The number of aliphatic hydroxyl groups is 1. The first-order chi connectivity index (χ1) is 10.5. The van der Waals surface area contributed by atoms with Gasteiger partial charge in [0, 0.05) is 12.2 Å². The number of hydrogen-bond acceptors (Lipinski definition) is 2. The average molecular weight is 309 g/mol. The number of nitrogens with one attached hydrogen (secondary N) is 1. The summed E-state index contributed by atoms with van der Waals surface area (Å²) in [5.41, 5.74) is -0.594. The van der Waals surface area contributed by atoms with Crippen molar-refractivity contribution in [1.82, 2.24) is 5.32 Å². The summed E-state index contributed by atoms with van der Waals surface area (Å²) in [5.74, 6) is -3.59. The van der Waals surface area contributed by atoms with Gasteiger partial charge in [-0.25, -0.2) is 13.2 Å². The van der Waals surface area contributed by atoms with E-state index in [1.807, 2.05) is 0 Å². The van der Waals surface area contributed by atoms with Crippen LogP contribution < -0.4 is 5.32 Å². The molecule has 0 aliphatic rings. The lowest BCUT2D eigenvalue weighted by atomic mass is 10.0. The predicted molar refractivity (Wildman–Crippen MR) is 74.7 cm³/mol. The third-order valence-electron chi connectivity index (χ3n) is 3.19. The molecule has 0 saturated heterocycles. The Morgan fingerprint density at radius 2 is 1.59 bits per heavy atom. The van der Waals surface area contributed by atoms with Gasteiger partial charge in [0.25, 0.3) is 5.91 Å². The van der Waals surface area contributed by atoms with Gasteiger partial charge in [-0.05, 0) is 24.6 Å². The second-order valence-electron chi connectivity index (χ2n) is 4.66. The van der Waals surface area contributed by atoms with E-state index in [-0.39, 0.29) is 18.6 Å². The van der Waals surface area contributed by atoms with Gasteiger partial charge in [-0.1, -0.05) is 24.3 Å². The highest BCUT2D eigenvalue weighted by molar-refractivity contribution is 5.95. The molecule has 1 atom stereocenters. The monoisotopic (exact) mass is 309 g/mol. The van der Waals surface area contributed by atoms with E-state index in [0.29, 0.717) is 0 Å². The van der Waals surface area contributed by atoms with Gasteiger partial charge in [0.05, 0.1) is 6.04 Å². The fourth-order valence-electron chi connectivity index (χ4n) is 2.14. The van der Waals surface area contributed by atoms with E-state index in [4.69, 9.17) is 5.11 Å². The molecule has 0 aliphatic heterocycles. The molecule has 0 heterocycles. The topological polar surface area (TPSA) is 49.3 Å². The summed E-state index contributed by atoms with van der Waals surface area (Å²) in [4.78, 5) is 12.1. The maximum atomic E-state index is 13.8. The van der Waals surface area contributed by atoms with Crippen LogP contribution >= 0.6 is 0 Å². The summed E-state index contributed by atoms with van der Waals surface area (Å²) < 4.78 is 41.0. The number of amides is 1. The molecule has 2 N–H and O–H groups in total. The van der Waals surface area contributed by atoms with E-state index in [1.165, 1.54) is 18.2 Å². The molecule has 0 saturated carbocycles. The quantitative estimate of drug-likeness (QED) is 0.892. The van der Waals surface area contributed by atoms with Gasteiger partial charge in [0.2, 0.25) is 0 Å². The van der Waals surface area contributed by atoms with Crippen LogP contribution in [0, 0.1) is 17.5 Å². The number of carbonyl (C=O) groups excluding carboxylic acids is 1. The zero-order valence-electron chi connectivity index (χ0n) is 11.5. The first-order valence-electron chi connectivity index (χ1n) is 6.64. The average Bonchev–Trinajstić information content (AvgIpc) is 2.47. The Bertz CT molecular complexity index is 656. The fourth-order valence-corrected chi connectivity index (χ4v) is 2.14. The van der Waals surface area contributed by atoms with Crippen molar-refractivity contribution in [1.29, 1.82) is 0 Å². The molecule has 2 rings (SSSR count). The maximum absolute atomic E-state index is 13.8. The van der Waals surface area contributed by atoms with Crippen molar-refractivity contribution in [2.75, 3.05) is 6.61 Å². The largest absolute Gasteiger partial charge is 0.396 e. The zero-order chi connectivity index (χ0) is 16.1. The molecule has 1 unspecified atom stereocenters. The van der Waals surface area contributed by atoms with Crippen molar-refractivity contribution in [2.45, 2.75) is 12.5 Å². The Balaban J connectivity index is 2.29. The molecule has 6 heteroatoms. The van der Waals surface area contributed by atoms with Gasteiger partial charge in [0.1, 0.15) is 23.0 Å². The smallest absolute Gasteiger partial charge is 0.257 e. The third-order valence-corrected chi connectivity index (χ3v) is 3.19. The first-order valence-corrected chi connectivity index (χ1v) is 6.64. The molecule has 0 aliphatic carbocycles. The van der Waals surface area contributed by atoms with Gasteiger partial charge >= 0.3 is 0 Å². The minimum absolute atomic E-state index is 0.0166. The minimum atomic E-state index is -1.01. The van der Waals surface area contributed by atoms with E-state index < -0.39 is 35.0 Å². The summed E-state index contributed by atoms with van der Waals surface area (Å²) in [5, 5.41) is 11.4. The Kier molecular flexibility index (Phi) is 5.16. The number of halogens is 3. The van der Waals surface area contributed by atoms with Crippen LogP contribution in [0.4, 0.5) is 13.2 Å². The van der Waals surface area contributed by atoms with E-state index in [9.17, 15) is 18.0 Å². The van der Waals surface area contributed by atoms with Crippen LogP contribution in [-0.4, -0.2) is 17.6 Å². The lowest BCUT2D eigenvalue weighted by Gasteiger charge is -2.19. The molecule has 22 heavy (non-hydrogen) atoms. The van der Waals surface area contributed by atoms with E-state index in [2.05, 4.69) is 5.32 Å². The number of carbonyl (C=O) groups is 1. The molecule has 1 amide bonds. The van der Waals surface area contributed by atoms with Crippen LogP contribution in [0.1, 0.15) is 28.4 Å². The third kappa shape index (κ3) is 3.46. The van der Waals surface area contributed by atoms with E-state index in [1.54, 1.807) is 6.07 Å². The van der Waals surface area contributed by atoms with Gasteiger partial charge in [-0.3, -0.25) is 4.79 Å². The first kappa shape index (κ1) is 16.0. The molecule has 3 nitrogen and oxygen atoms in total. The van der Waals surface area contributed by atoms with Gasteiger partial charge in [-0.15, -0.1) is 0 Å². The molecular formula is C16H14F3NO2. The van der Waals surface area contributed by atoms with Crippen LogP contribution in [0.25, 0.3) is 0 Å². The van der Waals surface area contributed by atoms with Crippen molar-refractivity contribution in [2.24, 2.45) is 0 Å². The fraction of sp³-hybridized carbons (Fsp3) is 0.188. The number of benzene rings is 2. The van der Waals surface area contributed by atoms with Crippen LogP contribution in [0.5, 0.6) is 0 Å². The molecular weight excluding hydrogens is 295 g/mol. The van der Waals surface area contributed by atoms with Gasteiger partial charge < -0.3 is 10.4 Å². The SMILES string of the molecule is O=C(NC(CCO)c1ccccc1F)c1c(F)cccc1F. The van der Waals surface area contributed by atoms with Crippen molar-refractivity contribution in [3.63, 3.8) is 0 Å². The molecule has 0 spiro atoms. The Labute approximate surface area is 125 Å². The van der Waals surface area contributed by atoms with Crippen LogP contribution in [-0.2, 0) is 0 Å². The second kappa shape index (κ2) is 7.09. The van der Waals surface area contributed by atoms with Crippen molar-refractivity contribution in [3.8, 4) is 0 Å². The van der Waals surface area contributed by atoms with Crippen molar-refractivity contribution >= 4 is 5.91 Å². The lowest BCUT2D eigenvalue weighted by Crippen LogP contribution is -2.31. The summed E-state index contributed by atoms with van der Waals surface area (Å²) in [6.07, 6.45) is 0.0166. The van der Waals surface area contributed by atoms with Crippen LogP contribution in [0.3, 0.4) is 0 Å². The normalized spacial score (nSPS) is 12.0. The lowest BCUT2D eigenvalue weighted by molar-refractivity contribution is 0.0920. The highest BCUT2D eigenvalue weighted by Gasteiger charge is 2.22. The molecule has 0 aromatic heterocycles. The number of aliphatic hydroxyl groups excluding tert-OH is 1. The summed E-state index contributed by atoms with van der Waals surface area (Å²) in [7, 11) is 0. The summed E-state index contributed by atoms with van der Waals surface area (Å²) in [6, 6.07) is 7.86. The summed E-state index contributed by atoms with van der Waals surface area (Å²) in [6.45, 7) is -0.320. The Morgan fingerprint density at radius 3 is 2.18 bits per heavy atom. The van der Waals surface area contributed by atoms with E-state index in [0.717, 1.165) is 18.2 Å². The Morgan fingerprint density at radius 1 is 1.00 bits per heavy atom. The highest BCUT2D eigenvalue weighted by atomic mass is 19.1. The van der Waals surface area contributed by atoms with Gasteiger partial charge in [-0.2, -0.15) is 0 Å². The standard InChI is InChI=1S/C16H14F3NO2/c17-11-5-2-1-4-10(11)14(8-9-21)20-16(22)15-12(18)6-3-7-13(15)19/h1-7,14,21H,8-9H2,(H,20,22). The number of rotatable bonds is 5. The Hall–Kier alpha value is -2.34. The molecule has 116 valence electrons. The molecule has 2 aromatic carbocycles. The van der Waals surface area contributed by atoms with Gasteiger partial charge in [0.15, 0.2) is 0 Å². The van der Waals surface area contributed by atoms with Crippen LogP contribution in [0.2, 0.25) is 0 Å². The van der Waals surface area contributed by atoms with Crippen LogP contribution in [0.15, 0.2) is 42.5 Å².